The molecule has 4 nitrogen and oxygen atoms in total. The van der Waals surface area contributed by atoms with E-state index < -0.39 is 0 Å². The van der Waals surface area contributed by atoms with Crippen molar-refractivity contribution in [2.75, 3.05) is 0 Å². The van der Waals surface area contributed by atoms with Gasteiger partial charge in [0, 0.05) is 0 Å². The maximum Gasteiger partial charge on any atom is -0.0253 e. The van der Waals surface area contributed by atoms with Crippen molar-refractivity contribution in [1.82, 2.24) is 0 Å². The van der Waals surface area contributed by atoms with Gasteiger partial charge in [0.2, 0.25) is 0 Å². The van der Waals surface area contributed by atoms with Gasteiger partial charge in [-0.2, -0.15) is 59.7 Å². The summed E-state index contributed by atoms with van der Waals surface area (Å²) in [7, 11) is 0. The molecule has 0 amide bonds. The molecule has 5 heteroatoms. The van der Waals surface area contributed by atoms with Crippen LogP contribution >= 0.6 is 0 Å². The Kier molecular flexibility index (Phi) is 11.4. The molecular formula is C29H24O4Ti. The Labute approximate surface area is 211 Å². The Balaban J connectivity index is 0.000000185. The van der Waals surface area contributed by atoms with Crippen LogP contribution < -0.4 is 0 Å². The molecular weight excluding hydrogens is 460 g/mol. The summed E-state index contributed by atoms with van der Waals surface area (Å²) in [5.74, 6) is 0. The minimum absolute atomic E-state index is 0.250. The first-order valence-electron chi connectivity index (χ1n) is 10.4. The molecule has 0 atom stereocenters. The number of rotatable bonds is 0. The average molecular weight is 484 g/mol. The molecule has 0 spiro atoms. The molecule has 0 aromatic heterocycles. The molecule has 2 aliphatic rings. The smallest absolute Gasteiger partial charge is 0.0253 e. The van der Waals surface area contributed by atoms with Crippen LogP contribution in [-0.4, -0.2) is 28.0 Å². The number of carboxylic acid groups (broad SMARTS) is 2. The molecule has 4 aromatic rings. The quantitative estimate of drug-likeness (QED) is 0.170. The summed E-state index contributed by atoms with van der Waals surface area (Å²) in [5, 5.41) is 13.8. The number of carbonyl (C=O) groups is 2. The van der Waals surface area contributed by atoms with E-state index in [1.54, 1.807) is 20.0 Å². The van der Waals surface area contributed by atoms with Crippen LogP contribution in [0, 0.1) is 12.1 Å². The van der Waals surface area contributed by atoms with E-state index >= 15 is 0 Å². The van der Waals surface area contributed by atoms with Gasteiger partial charge in [-0.1, -0.05) is 70.8 Å². The van der Waals surface area contributed by atoms with Gasteiger partial charge in [-0.3, -0.25) is 9.59 Å². The number of benzene rings is 4. The van der Waals surface area contributed by atoms with E-state index in [1.807, 2.05) is 12.1 Å². The second kappa shape index (κ2) is 14.5. The molecule has 2 aliphatic carbocycles. The van der Waals surface area contributed by atoms with Crippen molar-refractivity contribution in [3.8, 4) is 22.3 Å². The van der Waals surface area contributed by atoms with Crippen LogP contribution in [0.1, 0.15) is 22.3 Å². The monoisotopic (exact) mass is 484 g/mol. The first-order valence-corrected chi connectivity index (χ1v) is 11.5. The summed E-state index contributed by atoms with van der Waals surface area (Å²) >= 11 is 1.75. The second-order valence-electron chi connectivity index (χ2n) is 7.00. The first kappa shape index (κ1) is 26.7. The molecule has 0 heterocycles. The van der Waals surface area contributed by atoms with Gasteiger partial charge in [-0.25, -0.2) is 0 Å². The van der Waals surface area contributed by atoms with Crippen LogP contribution in [0.25, 0.3) is 22.3 Å². The van der Waals surface area contributed by atoms with E-state index in [0.29, 0.717) is 0 Å². The molecule has 0 saturated carbocycles. The van der Waals surface area contributed by atoms with Gasteiger partial charge in [-0.15, -0.1) is 11.1 Å². The Bertz CT molecular complexity index is 1040. The summed E-state index contributed by atoms with van der Waals surface area (Å²) in [5.41, 5.74) is 11.0. The van der Waals surface area contributed by atoms with Crippen molar-refractivity contribution in [3.05, 3.63) is 119 Å². The molecule has 2 N–H and O–H groups in total. The van der Waals surface area contributed by atoms with Crippen molar-refractivity contribution in [2.24, 2.45) is 0 Å². The molecule has 0 bridgehead atoms. The fourth-order valence-corrected chi connectivity index (χ4v) is 4.00. The fraction of sp³-hybridized carbons (Fsp3) is 0.0690. The van der Waals surface area contributed by atoms with Crippen LogP contribution in [0.15, 0.2) is 84.9 Å². The molecule has 168 valence electrons. The SMILES string of the molecule is O=CO.O=CO.[CH2]=[Ti+2].[c-]1cccc2c1Cc1ccccc1-2.[c-]1cccc2c1Cc1ccccc1-2. The molecule has 0 aliphatic heterocycles. The van der Waals surface area contributed by atoms with E-state index in [9.17, 15) is 0 Å². The van der Waals surface area contributed by atoms with Gasteiger partial charge in [0.05, 0.1) is 0 Å². The van der Waals surface area contributed by atoms with E-state index in [4.69, 9.17) is 19.8 Å². The van der Waals surface area contributed by atoms with Gasteiger partial charge < -0.3 is 10.2 Å². The van der Waals surface area contributed by atoms with E-state index in [1.165, 1.54) is 44.5 Å². The summed E-state index contributed by atoms with van der Waals surface area (Å²) in [4.78, 5) is 20.0. The molecule has 0 fully saturated rings. The van der Waals surface area contributed by atoms with Crippen molar-refractivity contribution < 1.29 is 39.8 Å². The van der Waals surface area contributed by atoms with E-state index in [-0.39, 0.29) is 12.9 Å². The average Bonchev–Trinajstić information content (AvgIpc) is 3.45. The van der Waals surface area contributed by atoms with Crippen LogP contribution in [0.3, 0.4) is 0 Å². The zero-order valence-electron chi connectivity index (χ0n) is 18.6. The van der Waals surface area contributed by atoms with Crippen molar-refractivity contribution in [1.29, 1.82) is 0 Å². The Morgan fingerprint density at radius 3 is 1.32 bits per heavy atom. The first-order chi connectivity index (χ1) is 16.7. The fourth-order valence-electron chi connectivity index (χ4n) is 4.00. The minimum atomic E-state index is -0.250. The molecule has 0 saturated heterocycles. The van der Waals surface area contributed by atoms with Gasteiger partial charge in [0.25, 0.3) is 12.9 Å². The third-order valence-electron chi connectivity index (χ3n) is 5.23. The number of fused-ring (bicyclic) bond motifs is 6. The molecule has 6 rings (SSSR count). The second-order valence-corrected chi connectivity index (χ2v) is 7.00. The standard InChI is InChI=1S/2C13H9.2CH2O2.CH2.Ti/c2*1-3-7-12-10(5-1)9-11-6-2-4-8-13(11)12;2*2-1-3;;/h2*1-5,7-8H,9H2;2*1H,(H,2,3);1H2;/q2*-1;;;;+2. The Morgan fingerprint density at radius 2 is 0.941 bits per heavy atom. The Morgan fingerprint density at radius 1 is 0.618 bits per heavy atom. The van der Waals surface area contributed by atoms with Crippen LogP contribution in [0.2, 0.25) is 0 Å². The Hall–Kier alpha value is -3.60. The van der Waals surface area contributed by atoms with Gasteiger partial charge >= 0.3 is 24.8 Å². The predicted octanol–water partition coefficient (Wildman–Crippen LogP) is 5.48. The summed E-state index contributed by atoms with van der Waals surface area (Å²) < 4.78 is 0. The molecule has 0 radical (unpaired) electrons. The molecule has 4 aromatic carbocycles. The number of hydrogen-bond acceptors (Lipinski definition) is 2. The summed E-state index contributed by atoms with van der Waals surface area (Å²) in [6.45, 7) is -0.500. The van der Waals surface area contributed by atoms with Crippen LogP contribution in [-0.2, 0) is 42.4 Å². The molecule has 34 heavy (non-hydrogen) atoms. The van der Waals surface area contributed by atoms with Crippen LogP contribution in [0.5, 0.6) is 0 Å². The van der Waals surface area contributed by atoms with Gasteiger partial charge in [0.15, 0.2) is 0 Å². The van der Waals surface area contributed by atoms with Gasteiger partial charge in [-0.05, 0) is 12.8 Å². The summed E-state index contributed by atoms with van der Waals surface area (Å²) in [6.07, 6.45) is 2.10. The zero-order chi connectivity index (χ0) is 24.8. The third-order valence-corrected chi connectivity index (χ3v) is 5.23. The zero-order valence-corrected chi connectivity index (χ0v) is 20.1. The normalized spacial score (nSPS) is 10.3. The minimum Gasteiger partial charge on any atom is -0.179 e. The van der Waals surface area contributed by atoms with Gasteiger partial charge in [0.1, 0.15) is 0 Å². The third kappa shape index (κ3) is 6.70. The largest absolute Gasteiger partial charge is 0.179 e. The van der Waals surface area contributed by atoms with E-state index in [2.05, 4.69) is 89.7 Å². The maximum atomic E-state index is 8.36. The maximum absolute atomic E-state index is 8.36. The van der Waals surface area contributed by atoms with Crippen LogP contribution in [0.4, 0.5) is 0 Å². The van der Waals surface area contributed by atoms with Crippen molar-refractivity contribution >= 4 is 17.8 Å². The molecule has 0 unspecified atom stereocenters. The number of hydrogen-bond donors (Lipinski definition) is 2. The van der Waals surface area contributed by atoms with Crippen molar-refractivity contribution in [3.63, 3.8) is 0 Å². The predicted molar refractivity (Wildman–Crippen MR) is 132 cm³/mol. The van der Waals surface area contributed by atoms with E-state index in [0.717, 1.165) is 12.8 Å². The van der Waals surface area contributed by atoms with Crippen molar-refractivity contribution in [2.45, 2.75) is 12.8 Å². The summed E-state index contributed by atoms with van der Waals surface area (Å²) in [6, 6.07) is 36.2. The topological polar surface area (TPSA) is 74.6 Å².